The Hall–Kier alpha value is -1.62. The average molecular weight is 266 g/mol. The van der Waals surface area contributed by atoms with Gasteiger partial charge in [0.05, 0.1) is 0 Å². The summed E-state index contributed by atoms with van der Waals surface area (Å²) in [5.74, 6) is -0.910. The van der Waals surface area contributed by atoms with Gasteiger partial charge in [0.2, 0.25) is 0 Å². The van der Waals surface area contributed by atoms with E-state index in [0.717, 1.165) is 5.56 Å². The minimum absolute atomic E-state index is 0.177. The largest absolute Gasteiger partial charge is 0.480 e. The number of benzene rings is 1. The number of aliphatic carboxylic acids is 1. The predicted molar refractivity (Wildman–Crippen MR) is 75.6 cm³/mol. The molecule has 4 nitrogen and oxygen atoms in total. The maximum absolute atomic E-state index is 11.2. The first-order valence-corrected chi connectivity index (χ1v) is 6.23. The number of carboxylic acids is 1. The number of hydrogen-bond donors (Lipinski definition) is 3. The van der Waals surface area contributed by atoms with Gasteiger partial charge in [0.1, 0.15) is 6.04 Å². The highest BCUT2D eigenvalue weighted by atomic mass is 32.1. The maximum Gasteiger partial charge on any atom is 0.326 e. The van der Waals surface area contributed by atoms with Crippen LogP contribution in [0.3, 0.4) is 0 Å². The van der Waals surface area contributed by atoms with Gasteiger partial charge in [0, 0.05) is 12.5 Å². The summed E-state index contributed by atoms with van der Waals surface area (Å²) < 4.78 is 0. The fourth-order valence-electron chi connectivity index (χ4n) is 1.51. The average Bonchev–Trinajstić information content (AvgIpc) is 2.28. The molecule has 0 bridgehead atoms. The van der Waals surface area contributed by atoms with Gasteiger partial charge in [-0.2, -0.15) is 0 Å². The van der Waals surface area contributed by atoms with Gasteiger partial charge in [-0.25, -0.2) is 4.79 Å². The Bertz CT molecular complexity index is 407. The van der Waals surface area contributed by atoms with Crippen molar-refractivity contribution in [3.05, 3.63) is 35.9 Å². The quantitative estimate of drug-likeness (QED) is 0.706. The molecule has 1 atom stereocenters. The molecule has 0 saturated carbocycles. The zero-order chi connectivity index (χ0) is 13.5. The SMILES string of the molecule is CC(C)NC(=S)N[C@@H](Cc1ccccc1)C(=O)O. The smallest absolute Gasteiger partial charge is 0.326 e. The van der Waals surface area contributed by atoms with E-state index in [4.69, 9.17) is 17.3 Å². The first-order chi connectivity index (χ1) is 8.49. The topological polar surface area (TPSA) is 61.4 Å². The van der Waals surface area contributed by atoms with Crippen molar-refractivity contribution in [1.82, 2.24) is 10.6 Å². The number of nitrogens with one attached hydrogen (secondary N) is 2. The third-order valence-electron chi connectivity index (χ3n) is 2.31. The van der Waals surface area contributed by atoms with Crippen LogP contribution in [0.25, 0.3) is 0 Å². The fraction of sp³-hybridized carbons (Fsp3) is 0.385. The Morgan fingerprint density at radius 1 is 1.28 bits per heavy atom. The molecule has 0 heterocycles. The molecule has 0 radical (unpaired) electrons. The molecule has 1 rings (SSSR count). The summed E-state index contributed by atoms with van der Waals surface area (Å²) in [7, 11) is 0. The second kappa shape index (κ2) is 6.96. The summed E-state index contributed by atoms with van der Waals surface area (Å²) in [6.07, 6.45) is 0.399. The Morgan fingerprint density at radius 2 is 1.89 bits per heavy atom. The van der Waals surface area contributed by atoms with Crippen molar-refractivity contribution in [1.29, 1.82) is 0 Å². The van der Waals surface area contributed by atoms with E-state index in [2.05, 4.69) is 10.6 Å². The van der Waals surface area contributed by atoms with E-state index in [1.807, 2.05) is 44.2 Å². The van der Waals surface area contributed by atoms with Crippen LogP contribution in [0.15, 0.2) is 30.3 Å². The molecule has 0 unspecified atom stereocenters. The molecular weight excluding hydrogens is 248 g/mol. The minimum atomic E-state index is -0.910. The molecule has 1 aromatic rings. The molecule has 5 heteroatoms. The van der Waals surface area contributed by atoms with Gasteiger partial charge >= 0.3 is 5.97 Å². The third kappa shape index (κ3) is 5.14. The summed E-state index contributed by atoms with van der Waals surface area (Å²) in [4.78, 5) is 11.2. The predicted octanol–water partition coefficient (Wildman–Crippen LogP) is 1.55. The first kappa shape index (κ1) is 14.4. The molecule has 0 spiro atoms. The van der Waals surface area contributed by atoms with Crippen molar-refractivity contribution < 1.29 is 9.90 Å². The molecule has 0 amide bonds. The molecular formula is C13H18N2O2S. The molecule has 0 aliphatic carbocycles. The number of hydrogen-bond acceptors (Lipinski definition) is 2. The van der Waals surface area contributed by atoms with Crippen molar-refractivity contribution >= 4 is 23.3 Å². The van der Waals surface area contributed by atoms with Crippen molar-refractivity contribution in [2.24, 2.45) is 0 Å². The number of thiocarbonyl (C=S) groups is 1. The molecule has 0 aliphatic rings. The third-order valence-corrected chi connectivity index (χ3v) is 2.54. The van der Waals surface area contributed by atoms with Crippen LogP contribution >= 0.6 is 12.2 Å². The van der Waals surface area contributed by atoms with E-state index < -0.39 is 12.0 Å². The van der Waals surface area contributed by atoms with E-state index in [-0.39, 0.29) is 6.04 Å². The zero-order valence-corrected chi connectivity index (χ0v) is 11.3. The Balaban J connectivity index is 2.61. The second-order valence-corrected chi connectivity index (χ2v) is 4.76. The van der Waals surface area contributed by atoms with Crippen molar-refractivity contribution in [3.8, 4) is 0 Å². The highest BCUT2D eigenvalue weighted by Gasteiger charge is 2.18. The van der Waals surface area contributed by atoms with E-state index in [1.165, 1.54) is 0 Å². The highest BCUT2D eigenvalue weighted by Crippen LogP contribution is 2.03. The molecule has 0 aliphatic heterocycles. The van der Waals surface area contributed by atoms with E-state index in [0.29, 0.717) is 11.5 Å². The van der Waals surface area contributed by atoms with Gasteiger partial charge in [-0.15, -0.1) is 0 Å². The Labute approximate surface area is 112 Å². The highest BCUT2D eigenvalue weighted by molar-refractivity contribution is 7.80. The van der Waals surface area contributed by atoms with Crippen LogP contribution in [0.5, 0.6) is 0 Å². The standard InChI is InChI=1S/C13H18N2O2S/c1-9(2)14-13(18)15-11(12(16)17)8-10-6-4-3-5-7-10/h3-7,9,11H,8H2,1-2H3,(H,16,17)(H2,14,15,18)/t11-/m0/s1. The molecule has 98 valence electrons. The van der Waals surface area contributed by atoms with Crippen LogP contribution in [-0.2, 0) is 11.2 Å². The summed E-state index contributed by atoms with van der Waals surface area (Å²) in [6, 6.07) is 8.94. The first-order valence-electron chi connectivity index (χ1n) is 5.83. The van der Waals surface area contributed by atoms with Gasteiger partial charge in [-0.05, 0) is 31.6 Å². The van der Waals surface area contributed by atoms with Gasteiger partial charge in [0.25, 0.3) is 0 Å². The lowest BCUT2D eigenvalue weighted by atomic mass is 10.1. The Morgan fingerprint density at radius 3 is 2.39 bits per heavy atom. The molecule has 3 N–H and O–H groups in total. The lowest BCUT2D eigenvalue weighted by Crippen LogP contribution is -2.48. The fourth-order valence-corrected chi connectivity index (χ4v) is 1.89. The molecule has 1 aromatic carbocycles. The molecule has 18 heavy (non-hydrogen) atoms. The van der Waals surface area contributed by atoms with Crippen LogP contribution in [0.2, 0.25) is 0 Å². The van der Waals surface area contributed by atoms with Gasteiger partial charge in [0.15, 0.2) is 5.11 Å². The number of rotatable bonds is 5. The lowest BCUT2D eigenvalue weighted by molar-refractivity contribution is -0.139. The summed E-state index contributed by atoms with van der Waals surface area (Å²) in [5, 5.41) is 15.3. The van der Waals surface area contributed by atoms with Gasteiger partial charge in [-0.1, -0.05) is 30.3 Å². The summed E-state index contributed by atoms with van der Waals surface area (Å²) in [5.41, 5.74) is 0.963. The van der Waals surface area contributed by atoms with Crippen LogP contribution in [-0.4, -0.2) is 28.3 Å². The minimum Gasteiger partial charge on any atom is -0.480 e. The zero-order valence-electron chi connectivity index (χ0n) is 10.5. The number of carboxylic acid groups (broad SMARTS) is 1. The van der Waals surface area contributed by atoms with Crippen LogP contribution in [0, 0.1) is 0 Å². The van der Waals surface area contributed by atoms with Crippen LogP contribution in [0.1, 0.15) is 19.4 Å². The summed E-state index contributed by atoms with van der Waals surface area (Å²) in [6.45, 7) is 3.89. The van der Waals surface area contributed by atoms with Crippen molar-refractivity contribution in [2.45, 2.75) is 32.4 Å². The van der Waals surface area contributed by atoms with Crippen LogP contribution < -0.4 is 10.6 Å². The molecule has 0 aromatic heterocycles. The van der Waals surface area contributed by atoms with Gasteiger partial charge in [-0.3, -0.25) is 0 Å². The van der Waals surface area contributed by atoms with Crippen molar-refractivity contribution in [3.63, 3.8) is 0 Å². The Kier molecular flexibility index (Phi) is 5.58. The maximum atomic E-state index is 11.2. The van der Waals surface area contributed by atoms with E-state index >= 15 is 0 Å². The molecule has 0 fully saturated rings. The number of carbonyl (C=O) groups is 1. The van der Waals surface area contributed by atoms with E-state index in [9.17, 15) is 4.79 Å². The molecule has 0 saturated heterocycles. The second-order valence-electron chi connectivity index (χ2n) is 4.35. The summed E-state index contributed by atoms with van der Waals surface area (Å²) >= 11 is 5.06. The van der Waals surface area contributed by atoms with Crippen LogP contribution in [0.4, 0.5) is 0 Å². The van der Waals surface area contributed by atoms with Crippen molar-refractivity contribution in [2.75, 3.05) is 0 Å². The monoisotopic (exact) mass is 266 g/mol. The van der Waals surface area contributed by atoms with Gasteiger partial charge < -0.3 is 15.7 Å². The normalized spacial score (nSPS) is 11.9. The van der Waals surface area contributed by atoms with E-state index in [1.54, 1.807) is 0 Å². The lowest BCUT2D eigenvalue weighted by Gasteiger charge is -2.18.